The lowest BCUT2D eigenvalue weighted by atomic mass is 9.98. The van der Waals surface area contributed by atoms with Gasteiger partial charge in [0, 0.05) is 19.0 Å². The Bertz CT molecular complexity index is 590. The van der Waals surface area contributed by atoms with Crippen molar-refractivity contribution in [2.45, 2.75) is 12.8 Å². The van der Waals surface area contributed by atoms with Gasteiger partial charge in [0.25, 0.3) is 5.91 Å². The maximum Gasteiger partial charge on any atom is 0.257 e. The summed E-state index contributed by atoms with van der Waals surface area (Å²) in [5.41, 5.74) is -0.711. The van der Waals surface area contributed by atoms with Crippen LogP contribution in [0.2, 0.25) is 0 Å². The van der Waals surface area contributed by atoms with Crippen LogP contribution in [-0.2, 0) is 0 Å². The van der Waals surface area contributed by atoms with Crippen LogP contribution >= 0.6 is 0 Å². The monoisotopic (exact) mass is 284 g/mol. The molecule has 0 saturated carbocycles. The van der Waals surface area contributed by atoms with Crippen molar-refractivity contribution in [1.82, 2.24) is 4.90 Å². The molecule has 1 aliphatic heterocycles. The van der Waals surface area contributed by atoms with E-state index >= 15 is 0 Å². The zero-order valence-electron chi connectivity index (χ0n) is 10.4. The standard InChI is InChI=1S/C13H11F3N2O2/c14-9-5-8(10(15)12(19)11(9)16)13(20)18-3-1-7(6-17)2-4-18/h5,7,19H,1-4H2. The molecule has 106 valence electrons. The Balaban J connectivity index is 2.25. The molecular weight excluding hydrogens is 273 g/mol. The van der Waals surface area contributed by atoms with Crippen molar-refractivity contribution in [3.8, 4) is 11.8 Å². The van der Waals surface area contributed by atoms with E-state index in [4.69, 9.17) is 10.4 Å². The van der Waals surface area contributed by atoms with Gasteiger partial charge in [0.15, 0.2) is 17.4 Å². The fraction of sp³-hybridized carbons (Fsp3) is 0.385. The number of rotatable bonds is 1. The molecule has 4 nitrogen and oxygen atoms in total. The van der Waals surface area contributed by atoms with Gasteiger partial charge >= 0.3 is 0 Å². The second kappa shape index (κ2) is 5.41. The molecule has 1 N–H and O–H groups in total. The fourth-order valence-electron chi connectivity index (χ4n) is 2.13. The molecule has 1 aromatic carbocycles. The van der Waals surface area contributed by atoms with Crippen molar-refractivity contribution in [2.75, 3.05) is 13.1 Å². The molecule has 1 saturated heterocycles. The molecule has 0 bridgehead atoms. The third-order valence-corrected chi connectivity index (χ3v) is 3.33. The lowest BCUT2D eigenvalue weighted by Crippen LogP contribution is -2.38. The number of phenolic OH excluding ortho intramolecular Hbond substituents is 1. The Hall–Kier alpha value is -2.23. The summed E-state index contributed by atoms with van der Waals surface area (Å²) in [6, 6.07) is 2.51. The maximum absolute atomic E-state index is 13.6. The van der Waals surface area contributed by atoms with Gasteiger partial charge in [0.2, 0.25) is 5.82 Å². The average Bonchev–Trinajstić information content (AvgIpc) is 2.48. The first-order valence-electron chi connectivity index (χ1n) is 6.01. The quantitative estimate of drug-likeness (QED) is 0.804. The summed E-state index contributed by atoms with van der Waals surface area (Å²) in [6.45, 7) is 0.465. The topological polar surface area (TPSA) is 64.3 Å². The molecule has 0 aliphatic carbocycles. The number of hydrogen-bond acceptors (Lipinski definition) is 3. The number of piperidine rings is 1. The van der Waals surface area contributed by atoms with Crippen LogP contribution in [0, 0.1) is 34.7 Å². The fourth-order valence-corrected chi connectivity index (χ4v) is 2.13. The number of phenols is 1. The van der Waals surface area contributed by atoms with Crippen molar-refractivity contribution < 1.29 is 23.1 Å². The molecule has 0 aromatic heterocycles. The minimum Gasteiger partial charge on any atom is -0.503 e. The predicted octanol–water partition coefficient (Wildman–Crippen LogP) is 2.19. The van der Waals surface area contributed by atoms with E-state index in [2.05, 4.69) is 6.07 Å². The van der Waals surface area contributed by atoms with Crippen LogP contribution in [0.3, 0.4) is 0 Å². The van der Waals surface area contributed by atoms with Gasteiger partial charge in [-0.15, -0.1) is 0 Å². The number of nitrogens with zero attached hydrogens (tertiary/aromatic N) is 2. The van der Waals surface area contributed by atoms with Crippen LogP contribution in [0.5, 0.6) is 5.75 Å². The van der Waals surface area contributed by atoms with E-state index in [-0.39, 0.29) is 19.0 Å². The molecule has 2 rings (SSSR count). The summed E-state index contributed by atoms with van der Waals surface area (Å²) in [5.74, 6) is -7.17. The summed E-state index contributed by atoms with van der Waals surface area (Å²) in [5, 5.41) is 17.8. The minimum absolute atomic E-state index is 0.165. The van der Waals surface area contributed by atoms with Crippen molar-refractivity contribution in [2.24, 2.45) is 5.92 Å². The van der Waals surface area contributed by atoms with Crippen LogP contribution in [0.4, 0.5) is 13.2 Å². The van der Waals surface area contributed by atoms with Crippen LogP contribution in [0.25, 0.3) is 0 Å². The van der Waals surface area contributed by atoms with E-state index in [1.807, 2.05) is 0 Å². The van der Waals surface area contributed by atoms with Gasteiger partial charge in [-0.05, 0) is 18.9 Å². The molecule has 0 atom stereocenters. The Morgan fingerprint density at radius 2 is 1.90 bits per heavy atom. The average molecular weight is 284 g/mol. The summed E-state index contributed by atoms with van der Waals surface area (Å²) >= 11 is 0. The molecular formula is C13H11F3N2O2. The van der Waals surface area contributed by atoms with Gasteiger partial charge in [-0.1, -0.05) is 0 Å². The highest BCUT2D eigenvalue weighted by Crippen LogP contribution is 2.27. The molecule has 0 unspecified atom stereocenters. The number of aromatic hydroxyl groups is 1. The molecule has 1 amide bonds. The number of benzene rings is 1. The third-order valence-electron chi connectivity index (χ3n) is 3.33. The Morgan fingerprint density at radius 1 is 1.30 bits per heavy atom. The van der Waals surface area contributed by atoms with Gasteiger partial charge in [0.05, 0.1) is 11.6 Å². The smallest absolute Gasteiger partial charge is 0.257 e. The molecule has 1 fully saturated rings. The first-order valence-corrected chi connectivity index (χ1v) is 6.01. The normalized spacial score (nSPS) is 16.0. The van der Waals surface area contributed by atoms with Gasteiger partial charge in [-0.25, -0.2) is 8.78 Å². The zero-order valence-corrected chi connectivity index (χ0v) is 10.4. The van der Waals surface area contributed by atoms with Gasteiger partial charge in [-0.2, -0.15) is 9.65 Å². The molecule has 7 heteroatoms. The van der Waals surface area contributed by atoms with Gasteiger partial charge < -0.3 is 10.0 Å². The van der Waals surface area contributed by atoms with Crippen LogP contribution < -0.4 is 0 Å². The number of nitriles is 1. The van der Waals surface area contributed by atoms with E-state index in [0.717, 1.165) is 0 Å². The molecule has 0 spiro atoms. The maximum atomic E-state index is 13.6. The Kier molecular flexibility index (Phi) is 3.84. The zero-order chi connectivity index (χ0) is 14.9. The highest BCUT2D eigenvalue weighted by molar-refractivity contribution is 5.95. The number of hydrogen-bond donors (Lipinski definition) is 1. The molecule has 1 aliphatic rings. The number of amides is 1. The number of carbonyl (C=O) groups excluding carboxylic acids is 1. The first kappa shape index (κ1) is 14.2. The summed E-state index contributed by atoms with van der Waals surface area (Å²) < 4.78 is 39.7. The lowest BCUT2D eigenvalue weighted by molar-refractivity contribution is 0.0700. The van der Waals surface area contributed by atoms with E-state index in [1.165, 1.54) is 4.90 Å². The Labute approximate surface area is 113 Å². The second-order valence-corrected chi connectivity index (χ2v) is 4.58. The van der Waals surface area contributed by atoms with Crippen LogP contribution in [0.15, 0.2) is 6.07 Å². The van der Waals surface area contributed by atoms with Crippen LogP contribution in [0.1, 0.15) is 23.2 Å². The first-order chi connectivity index (χ1) is 9.45. The van der Waals surface area contributed by atoms with E-state index in [0.29, 0.717) is 18.9 Å². The Morgan fingerprint density at radius 3 is 2.45 bits per heavy atom. The lowest BCUT2D eigenvalue weighted by Gasteiger charge is -2.29. The van der Waals surface area contributed by atoms with Crippen LogP contribution in [-0.4, -0.2) is 29.0 Å². The second-order valence-electron chi connectivity index (χ2n) is 4.58. The predicted molar refractivity (Wildman–Crippen MR) is 62.2 cm³/mol. The van der Waals surface area contributed by atoms with E-state index in [1.54, 1.807) is 0 Å². The van der Waals surface area contributed by atoms with Crippen molar-refractivity contribution in [1.29, 1.82) is 5.26 Å². The summed E-state index contributed by atoms with van der Waals surface area (Å²) in [4.78, 5) is 13.3. The van der Waals surface area contributed by atoms with E-state index in [9.17, 15) is 18.0 Å². The number of carbonyl (C=O) groups is 1. The third kappa shape index (κ3) is 2.41. The molecule has 20 heavy (non-hydrogen) atoms. The van der Waals surface area contributed by atoms with Crippen molar-refractivity contribution in [3.05, 3.63) is 29.1 Å². The largest absolute Gasteiger partial charge is 0.503 e. The molecule has 0 radical (unpaired) electrons. The molecule has 1 heterocycles. The highest BCUT2D eigenvalue weighted by Gasteiger charge is 2.28. The SMILES string of the molecule is N#CC1CCN(C(=O)c2cc(F)c(F)c(O)c2F)CC1. The number of halogens is 3. The van der Waals surface area contributed by atoms with E-state index < -0.39 is 34.7 Å². The van der Waals surface area contributed by atoms with Gasteiger partial charge in [0.1, 0.15) is 0 Å². The minimum atomic E-state index is -1.72. The van der Waals surface area contributed by atoms with Crippen molar-refractivity contribution in [3.63, 3.8) is 0 Å². The molecule has 1 aromatic rings. The number of likely N-dealkylation sites (tertiary alicyclic amines) is 1. The highest BCUT2D eigenvalue weighted by atomic mass is 19.2. The van der Waals surface area contributed by atoms with Crippen molar-refractivity contribution >= 4 is 5.91 Å². The summed E-state index contributed by atoms with van der Waals surface area (Å²) in [6.07, 6.45) is 0.888. The summed E-state index contributed by atoms with van der Waals surface area (Å²) in [7, 11) is 0. The van der Waals surface area contributed by atoms with Gasteiger partial charge in [-0.3, -0.25) is 4.79 Å².